The summed E-state index contributed by atoms with van der Waals surface area (Å²) in [6, 6.07) is 3.39. The lowest BCUT2D eigenvalue weighted by Gasteiger charge is -2.15. The van der Waals surface area contributed by atoms with Gasteiger partial charge in [-0.2, -0.15) is 5.26 Å². The first-order valence-corrected chi connectivity index (χ1v) is 5.24. The number of hydrogen-bond acceptors (Lipinski definition) is 5. The van der Waals surface area contributed by atoms with Gasteiger partial charge in [-0.3, -0.25) is 14.9 Å². The SMILES string of the molecule is CN(CCC#N)C(=O)c1cc(N)c(F)cc1[N+](=O)[O-]. The molecule has 0 unspecified atom stereocenters. The van der Waals surface area contributed by atoms with Crippen LogP contribution in [0.2, 0.25) is 0 Å². The van der Waals surface area contributed by atoms with Crippen LogP contribution >= 0.6 is 0 Å². The van der Waals surface area contributed by atoms with Gasteiger partial charge in [0.2, 0.25) is 0 Å². The highest BCUT2D eigenvalue weighted by molar-refractivity contribution is 5.99. The predicted molar refractivity (Wildman–Crippen MR) is 64.7 cm³/mol. The minimum absolute atomic E-state index is 0.0900. The topological polar surface area (TPSA) is 113 Å². The number of nitro benzene ring substituents is 1. The molecular weight excluding hydrogens is 255 g/mol. The van der Waals surface area contributed by atoms with Crippen LogP contribution < -0.4 is 5.73 Å². The number of nitrogen functional groups attached to an aromatic ring is 1. The summed E-state index contributed by atoms with van der Waals surface area (Å²) in [6.45, 7) is 0.115. The number of nitrogens with zero attached hydrogens (tertiary/aromatic N) is 3. The molecule has 0 radical (unpaired) electrons. The lowest BCUT2D eigenvalue weighted by molar-refractivity contribution is -0.385. The molecule has 0 fully saturated rings. The Hall–Kier alpha value is -2.69. The van der Waals surface area contributed by atoms with Crippen molar-refractivity contribution in [1.29, 1.82) is 5.26 Å². The van der Waals surface area contributed by atoms with Gasteiger partial charge >= 0.3 is 0 Å². The van der Waals surface area contributed by atoms with E-state index < -0.39 is 22.3 Å². The minimum atomic E-state index is -0.956. The highest BCUT2D eigenvalue weighted by atomic mass is 19.1. The van der Waals surface area contributed by atoms with Gasteiger partial charge in [-0.25, -0.2) is 4.39 Å². The molecule has 0 atom stereocenters. The molecule has 0 aliphatic rings. The zero-order valence-corrected chi connectivity index (χ0v) is 10.1. The van der Waals surface area contributed by atoms with E-state index in [1.807, 2.05) is 6.07 Å². The van der Waals surface area contributed by atoms with Crippen LogP contribution in [-0.2, 0) is 0 Å². The molecule has 1 rings (SSSR count). The molecule has 1 amide bonds. The van der Waals surface area contributed by atoms with Crippen molar-refractivity contribution in [3.63, 3.8) is 0 Å². The first-order valence-electron chi connectivity index (χ1n) is 5.24. The Balaban J connectivity index is 3.18. The van der Waals surface area contributed by atoms with Gasteiger partial charge in [0.25, 0.3) is 11.6 Å². The number of nitriles is 1. The summed E-state index contributed by atoms with van der Waals surface area (Å²) < 4.78 is 13.2. The second-order valence-electron chi connectivity index (χ2n) is 3.78. The summed E-state index contributed by atoms with van der Waals surface area (Å²) in [5, 5.41) is 19.2. The molecule has 100 valence electrons. The van der Waals surface area contributed by atoms with Crippen molar-refractivity contribution < 1.29 is 14.1 Å². The van der Waals surface area contributed by atoms with Crippen molar-refractivity contribution in [2.75, 3.05) is 19.3 Å². The maximum atomic E-state index is 13.2. The Kier molecular flexibility index (Phi) is 4.36. The Bertz CT molecular complexity index is 568. The number of halogens is 1. The fourth-order valence-corrected chi connectivity index (χ4v) is 1.43. The molecule has 7 nitrogen and oxygen atoms in total. The van der Waals surface area contributed by atoms with E-state index in [9.17, 15) is 19.3 Å². The monoisotopic (exact) mass is 266 g/mol. The first-order chi connectivity index (χ1) is 8.88. The predicted octanol–water partition coefficient (Wildman–Crippen LogP) is 1.30. The van der Waals surface area contributed by atoms with Crippen LogP contribution in [-0.4, -0.2) is 29.3 Å². The third kappa shape index (κ3) is 3.16. The molecule has 19 heavy (non-hydrogen) atoms. The maximum absolute atomic E-state index is 13.2. The summed E-state index contributed by atoms with van der Waals surface area (Å²) in [5.41, 5.74) is 4.01. The van der Waals surface area contributed by atoms with E-state index in [1.54, 1.807) is 0 Å². The molecule has 1 aromatic carbocycles. The molecule has 1 aromatic rings. The van der Waals surface area contributed by atoms with E-state index in [2.05, 4.69) is 0 Å². The summed E-state index contributed by atoms with van der Waals surface area (Å²) in [7, 11) is 1.39. The van der Waals surface area contributed by atoms with E-state index in [0.717, 1.165) is 11.0 Å². The molecule has 0 aliphatic carbocycles. The Labute approximate surface area is 108 Å². The van der Waals surface area contributed by atoms with E-state index in [0.29, 0.717) is 6.07 Å². The lowest BCUT2D eigenvalue weighted by Crippen LogP contribution is -2.28. The van der Waals surface area contributed by atoms with Crippen LogP contribution in [0.1, 0.15) is 16.8 Å². The average Bonchev–Trinajstić information content (AvgIpc) is 2.37. The van der Waals surface area contributed by atoms with Crippen LogP contribution in [0.4, 0.5) is 15.8 Å². The number of carbonyl (C=O) groups excluding carboxylic acids is 1. The van der Waals surface area contributed by atoms with E-state index in [4.69, 9.17) is 11.0 Å². The van der Waals surface area contributed by atoms with Crippen LogP contribution in [0.25, 0.3) is 0 Å². The second-order valence-corrected chi connectivity index (χ2v) is 3.78. The van der Waals surface area contributed by atoms with Crippen LogP contribution in [0.5, 0.6) is 0 Å². The number of amides is 1. The highest BCUT2D eigenvalue weighted by Gasteiger charge is 2.25. The van der Waals surface area contributed by atoms with E-state index in [-0.39, 0.29) is 24.2 Å². The average molecular weight is 266 g/mol. The van der Waals surface area contributed by atoms with Crippen molar-refractivity contribution in [3.05, 3.63) is 33.6 Å². The Morgan fingerprint density at radius 3 is 2.79 bits per heavy atom. The van der Waals surface area contributed by atoms with Gasteiger partial charge in [-0.05, 0) is 6.07 Å². The summed E-state index contributed by atoms with van der Waals surface area (Å²) >= 11 is 0. The molecule has 0 aromatic heterocycles. The summed E-state index contributed by atoms with van der Waals surface area (Å²) in [5.74, 6) is -1.64. The summed E-state index contributed by atoms with van der Waals surface area (Å²) in [6.07, 6.45) is 0.0900. The smallest absolute Gasteiger partial charge is 0.285 e. The fraction of sp³-hybridized carbons (Fsp3) is 0.273. The minimum Gasteiger partial charge on any atom is -0.396 e. The normalized spacial score (nSPS) is 9.74. The molecule has 0 saturated heterocycles. The maximum Gasteiger partial charge on any atom is 0.285 e. The van der Waals surface area contributed by atoms with Crippen LogP contribution in [0.15, 0.2) is 12.1 Å². The van der Waals surface area contributed by atoms with Gasteiger partial charge in [-0.15, -0.1) is 0 Å². The molecule has 0 aliphatic heterocycles. The third-order valence-corrected chi connectivity index (χ3v) is 2.45. The standard InChI is InChI=1S/C11H11FN4O3/c1-15(4-2-3-13)11(17)7-5-9(14)8(12)6-10(7)16(18)19/h5-6H,2,4,14H2,1H3. The largest absolute Gasteiger partial charge is 0.396 e. The first kappa shape index (κ1) is 14.4. The molecule has 8 heteroatoms. The highest BCUT2D eigenvalue weighted by Crippen LogP contribution is 2.25. The van der Waals surface area contributed by atoms with Gasteiger partial charge in [0.1, 0.15) is 5.56 Å². The van der Waals surface area contributed by atoms with Gasteiger partial charge in [-0.1, -0.05) is 0 Å². The van der Waals surface area contributed by atoms with Crippen molar-refractivity contribution >= 4 is 17.3 Å². The van der Waals surface area contributed by atoms with Crippen molar-refractivity contribution in [3.8, 4) is 6.07 Å². The van der Waals surface area contributed by atoms with Crippen LogP contribution in [0.3, 0.4) is 0 Å². The molecule has 0 heterocycles. The van der Waals surface area contributed by atoms with Gasteiger partial charge in [0, 0.05) is 13.6 Å². The molecule has 2 N–H and O–H groups in total. The quantitative estimate of drug-likeness (QED) is 0.501. The molecule has 0 spiro atoms. The fourth-order valence-electron chi connectivity index (χ4n) is 1.43. The van der Waals surface area contributed by atoms with E-state index >= 15 is 0 Å². The van der Waals surface area contributed by atoms with Crippen molar-refractivity contribution in [2.24, 2.45) is 0 Å². The lowest BCUT2D eigenvalue weighted by atomic mass is 10.1. The Morgan fingerprint density at radius 2 is 2.26 bits per heavy atom. The number of benzene rings is 1. The molecule has 0 bridgehead atoms. The zero-order chi connectivity index (χ0) is 14.6. The van der Waals surface area contributed by atoms with Gasteiger partial charge < -0.3 is 10.6 Å². The number of hydrogen-bond donors (Lipinski definition) is 1. The van der Waals surface area contributed by atoms with Gasteiger partial charge in [0.15, 0.2) is 5.82 Å². The number of anilines is 1. The van der Waals surface area contributed by atoms with Crippen LogP contribution in [0, 0.1) is 27.3 Å². The summed E-state index contributed by atoms with van der Waals surface area (Å²) in [4.78, 5) is 23.1. The number of nitrogens with two attached hydrogens (primary N) is 1. The molecular formula is C11H11FN4O3. The number of rotatable bonds is 4. The molecule has 0 saturated carbocycles. The van der Waals surface area contributed by atoms with Gasteiger partial charge in [0.05, 0.1) is 29.2 Å². The van der Waals surface area contributed by atoms with Crippen molar-refractivity contribution in [1.82, 2.24) is 4.90 Å². The van der Waals surface area contributed by atoms with E-state index in [1.165, 1.54) is 7.05 Å². The third-order valence-electron chi connectivity index (χ3n) is 2.45. The van der Waals surface area contributed by atoms with Crippen molar-refractivity contribution in [2.45, 2.75) is 6.42 Å². The second kappa shape index (κ2) is 5.77. The number of carbonyl (C=O) groups is 1. The Morgan fingerprint density at radius 1 is 1.63 bits per heavy atom. The zero-order valence-electron chi connectivity index (χ0n) is 10.1. The number of nitro groups is 1.